The first-order valence-corrected chi connectivity index (χ1v) is 9.20. The van der Waals surface area contributed by atoms with Gasteiger partial charge in [0, 0.05) is 13.1 Å². The highest BCUT2D eigenvalue weighted by molar-refractivity contribution is 7.89. The summed E-state index contributed by atoms with van der Waals surface area (Å²) in [5.74, 6) is 0.210. The Kier molecular flexibility index (Phi) is 5.54. The Morgan fingerprint density at radius 3 is 2.52 bits per heavy atom. The average Bonchev–Trinajstić information content (AvgIpc) is 2.49. The van der Waals surface area contributed by atoms with Crippen molar-refractivity contribution in [1.82, 2.24) is 4.31 Å². The van der Waals surface area contributed by atoms with Crippen LogP contribution in [-0.2, 0) is 10.0 Å². The van der Waals surface area contributed by atoms with Gasteiger partial charge < -0.3 is 5.73 Å². The van der Waals surface area contributed by atoms with Crippen molar-refractivity contribution in [1.29, 1.82) is 0 Å². The molecule has 0 saturated heterocycles. The van der Waals surface area contributed by atoms with Crippen molar-refractivity contribution in [3.63, 3.8) is 0 Å². The van der Waals surface area contributed by atoms with Crippen molar-refractivity contribution < 1.29 is 8.42 Å². The van der Waals surface area contributed by atoms with Crippen LogP contribution >= 0.6 is 23.2 Å². The van der Waals surface area contributed by atoms with Gasteiger partial charge in [-0.25, -0.2) is 8.42 Å². The molecule has 0 radical (unpaired) electrons. The lowest BCUT2D eigenvalue weighted by Gasteiger charge is -2.36. The third-order valence-corrected chi connectivity index (χ3v) is 6.82. The molecule has 2 unspecified atom stereocenters. The SMILES string of the molecule is CN(C1CCCCC1CN)S(=O)(=O)c1ccc(Cl)c(Cl)c1. The molecule has 1 aromatic carbocycles. The van der Waals surface area contributed by atoms with Gasteiger partial charge in [0.25, 0.3) is 0 Å². The molecule has 0 bridgehead atoms. The van der Waals surface area contributed by atoms with Crippen molar-refractivity contribution in [2.75, 3.05) is 13.6 Å². The van der Waals surface area contributed by atoms with E-state index in [0.29, 0.717) is 11.6 Å². The van der Waals surface area contributed by atoms with E-state index in [2.05, 4.69) is 0 Å². The minimum absolute atomic E-state index is 0.0526. The molecule has 1 saturated carbocycles. The van der Waals surface area contributed by atoms with Crippen LogP contribution in [0.25, 0.3) is 0 Å². The van der Waals surface area contributed by atoms with Crippen molar-refractivity contribution in [3.8, 4) is 0 Å². The van der Waals surface area contributed by atoms with E-state index < -0.39 is 10.0 Å². The van der Waals surface area contributed by atoms with Crippen LogP contribution in [-0.4, -0.2) is 32.4 Å². The molecule has 0 amide bonds. The summed E-state index contributed by atoms with van der Waals surface area (Å²) in [6, 6.07) is 4.34. The van der Waals surface area contributed by atoms with Gasteiger partial charge in [-0.2, -0.15) is 4.31 Å². The van der Waals surface area contributed by atoms with Crippen molar-refractivity contribution in [2.45, 2.75) is 36.6 Å². The predicted octanol–water partition coefficient (Wildman–Crippen LogP) is 3.13. The number of halogens is 2. The van der Waals surface area contributed by atoms with Crippen LogP contribution in [0.1, 0.15) is 25.7 Å². The molecule has 2 atom stereocenters. The second-order valence-electron chi connectivity index (χ2n) is 5.44. The molecular formula is C14H20Cl2N2O2S. The molecule has 0 aromatic heterocycles. The first kappa shape index (κ1) is 17.0. The standard InChI is InChI=1S/C14H20Cl2N2O2S/c1-18(14-5-3-2-4-10(14)9-17)21(19,20)11-6-7-12(15)13(16)8-11/h6-8,10,14H,2-5,9,17H2,1H3. The first-order valence-electron chi connectivity index (χ1n) is 7.01. The maximum absolute atomic E-state index is 12.7. The van der Waals surface area contributed by atoms with Crippen LogP contribution in [0, 0.1) is 5.92 Å². The third kappa shape index (κ3) is 3.54. The van der Waals surface area contributed by atoms with Gasteiger partial charge in [-0.05, 0) is 43.5 Å². The number of benzene rings is 1. The van der Waals surface area contributed by atoms with E-state index in [1.54, 1.807) is 7.05 Å². The van der Waals surface area contributed by atoms with Gasteiger partial charge in [0.1, 0.15) is 0 Å². The summed E-state index contributed by atoms with van der Waals surface area (Å²) < 4.78 is 26.9. The Morgan fingerprint density at radius 1 is 1.24 bits per heavy atom. The summed E-state index contributed by atoms with van der Waals surface area (Å²) >= 11 is 11.8. The lowest BCUT2D eigenvalue weighted by molar-refractivity contribution is 0.204. The number of rotatable bonds is 4. The van der Waals surface area contributed by atoms with Crippen LogP contribution in [0.5, 0.6) is 0 Å². The number of hydrogen-bond donors (Lipinski definition) is 1. The molecule has 1 aliphatic carbocycles. The second kappa shape index (κ2) is 6.84. The number of sulfonamides is 1. The monoisotopic (exact) mass is 350 g/mol. The van der Waals surface area contributed by atoms with Gasteiger partial charge in [0.2, 0.25) is 10.0 Å². The molecule has 4 nitrogen and oxygen atoms in total. The van der Waals surface area contributed by atoms with Crippen LogP contribution < -0.4 is 5.73 Å². The number of nitrogens with two attached hydrogens (primary N) is 1. The summed E-state index contributed by atoms with van der Waals surface area (Å²) in [6.45, 7) is 0.506. The van der Waals surface area contributed by atoms with Crippen LogP contribution in [0.3, 0.4) is 0 Å². The molecule has 0 aliphatic heterocycles. The summed E-state index contributed by atoms with van der Waals surface area (Å²) in [7, 11) is -1.96. The highest BCUT2D eigenvalue weighted by Crippen LogP contribution is 2.32. The molecule has 1 aliphatic rings. The molecule has 118 valence electrons. The van der Waals surface area contributed by atoms with Crippen LogP contribution in [0.15, 0.2) is 23.1 Å². The Hall–Kier alpha value is -0.330. The molecule has 2 rings (SSSR count). The highest BCUT2D eigenvalue weighted by atomic mass is 35.5. The molecule has 21 heavy (non-hydrogen) atoms. The molecule has 0 spiro atoms. The van der Waals surface area contributed by atoms with E-state index in [1.807, 2.05) is 0 Å². The second-order valence-corrected chi connectivity index (χ2v) is 8.26. The van der Waals surface area contributed by atoms with Crippen molar-refractivity contribution >= 4 is 33.2 Å². The fourth-order valence-corrected chi connectivity index (χ4v) is 4.76. The van der Waals surface area contributed by atoms with Crippen molar-refractivity contribution in [3.05, 3.63) is 28.2 Å². The molecule has 0 heterocycles. The average molecular weight is 351 g/mol. The first-order chi connectivity index (χ1) is 9.87. The summed E-state index contributed by atoms with van der Waals surface area (Å²) in [5, 5.41) is 0.584. The molecule has 1 aromatic rings. The summed E-state index contributed by atoms with van der Waals surface area (Å²) in [4.78, 5) is 0.167. The molecule has 1 fully saturated rings. The zero-order chi connectivity index (χ0) is 15.6. The molecule has 2 N–H and O–H groups in total. The van der Waals surface area contributed by atoms with Gasteiger partial charge in [0.15, 0.2) is 0 Å². The smallest absolute Gasteiger partial charge is 0.243 e. The summed E-state index contributed by atoms with van der Waals surface area (Å²) in [5.41, 5.74) is 5.80. The normalized spacial score (nSPS) is 23.5. The lowest BCUT2D eigenvalue weighted by Crippen LogP contribution is -2.45. The topological polar surface area (TPSA) is 63.4 Å². The highest BCUT2D eigenvalue weighted by Gasteiger charge is 2.34. The quantitative estimate of drug-likeness (QED) is 0.907. The van der Waals surface area contributed by atoms with Crippen LogP contribution in [0.2, 0.25) is 10.0 Å². The lowest BCUT2D eigenvalue weighted by atomic mass is 9.85. The number of nitrogens with zero attached hydrogens (tertiary/aromatic N) is 1. The maximum atomic E-state index is 12.7. The largest absolute Gasteiger partial charge is 0.330 e. The van der Waals surface area contributed by atoms with Gasteiger partial charge in [-0.3, -0.25) is 0 Å². The third-order valence-electron chi connectivity index (χ3n) is 4.21. The Labute approximate surface area is 136 Å². The van der Waals surface area contributed by atoms with E-state index >= 15 is 0 Å². The minimum Gasteiger partial charge on any atom is -0.330 e. The molecule has 7 heteroatoms. The Morgan fingerprint density at radius 2 is 1.90 bits per heavy atom. The van der Waals surface area contributed by atoms with Crippen LogP contribution in [0.4, 0.5) is 0 Å². The molecular weight excluding hydrogens is 331 g/mol. The summed E-state index contributed by atoms with van der Waals surface area (Å²) in [6.07, 6.45) is 3.96. The Bertz CT molecular complexity index is 607. The zero-order valence-electron chi connectivity index (χ0n) is 11.9. The van der Waals surface area contributed by atoms with Gasteiger partial charge in [-0.15, -0.1) is 0 Å². The fourth-order valence-electron chi connectivity index (χ4n) is 2.92. The van der Waals surface area contributed by atoms with Gasteiger partial charge >= 0.3 is 0 Å². The van der Waals surface area contributed by atoms with E-state index in [-0.39, 0.29) is 21.9 Å². The van der Waals surface area contributed by atoms with E-state index in [9.17, 15) is 8.42 Å². The van der Waals surface area contributed by atoms with E-state index in [4.69, 9.17) is 28.9 Å². The fraction of sp³-hybridized carbons (Fsp3) is 0.571. The van der Waals surface area contributed by atoms with E-state index in [0.717, 1.165) is 25.7 Å². The Balaban J connectivity index is 2.31. The van der Waals surface area contributed by atoms with Gasteiger partial charge in [0.05, 0.1) is 14.9 Å². The minimum atomic E-state index is -3.59. The predicted molar refractivity (Wildman–Crippen MR) is 86.2 cm³/mol. The zero-order valence-corrected chi connectivity index (χ0v) is 14.3. The number of hydrogen-bond acceptors (Lipinski definition) is 3. The maximum Gasteiger partial charge on any atom is 0.243 e. The van der Waals surface area contributed by atoms with E-state index in [1.165, 1.54) is 22.5 Å². The van der Waals surface area contributed by atoms with Gasteiger partial charge in [-0.1, -0.05) is 36.0 Å². The van der Waals surface area contributed by atoms with Crippen molar-refractivity contribution in [2.24, 2.45) is 11.7 Å².